The number of aliphatic hydroxyl groups excluding tert-OH is 1. The van der Waals surface area contributed by atoms with Crippen LogP contribution in [0.4, 0.5) is 0 Å². The molecular formula is C16H22O. The molecule has 0 saturated carbocycles. The van der Waals surface area contributed by atoms with Crippen molar-refractivity contribution in [2.75, 3.05) is 0 Å². The molecule has 0 spiro atoms. The lowest BCUT2D eigenvalue weighted by molar-refractivity contribution is 0.315. The van der Waals surface area contributed by atoms with Gasteiger partial charge in [0.25, 0.3) is 0 Å². The van der Waals surface area contributed by atoms with Crippen LogP contribution in [0.25, 0.3) is 0 Å². The molecule has 0 aromatic heterocycles. The van der Waals surface area contributed by atoms with Gasteiger partial charge in [-0.2, -0.15) is 0 Å². The van der Waals surface area contributed by atoms with Crippen LogP contribution in [0.15, 0.2) is 47.8 Å². The molecule has 1 nitrogen and oxygen atoms in total. The van der Waals surface area contributed by atoms with Crippen LogP contribution in [0.3, 0.4) is 0 Å². The van der Waals surface area contributed by atoms with E-state index in [2.05, 4.69) is 45.1 Å². The summed E-state index contributed by atoms with van der Waals surface area (Å²) in [5, 5.41) is 9.38. The molecule has 2 rings (SSSR count). The van der Waals surface area contributed by atoms with Crippen molar-refractivity contribution in [3.63, 3.8) is 0 Å². The number of hydrogen-bond donors (Lipinski definition) is 1. The summed E-state index contributed by atoms with van der Waals surface area (Å²) in [5.74, 6) is 1.54. The van der Waals surface area contributed by atoms with E-state index >= 15 is 0 Å². The number of rotatable bonds is 2. The average molecular weight is 230 g/mol. The Morgan fingerprint density at radius 2 is 1.88 bits per heavy atom. The minimum atomic E-state index is 0.143. The Morgan fingerprint density at radius 1 is 1.12 bits per heavy atom. The first kappa shape index (κ1) is 12.2. The van der Waals surface area contributed by atoms with Crippen molar-refractivity contribution in [2.24, 2.45) is 17.3 Å². The number of aliphatic hydroxyl groups is 1. The van der Waals surface area contributed by atoms with E-state index in [0.29, 0.717) is 17.6 Å². The molecule has 0 bridgehead atoms. The average Bonchev–Trinajstić information content (AvgIpc) is 2.30. The third kappa shape index (κ3) is 2.54. The summed E-state index contributed by atoms with van der Waals surface area (Å²) >= 11 is 0. The van der Waals surface area contributed by atoms with Crippen LogP contribution in [-0.2, 0) is 0 Å². The second-order valence-electron chi connectivity index (χ2n) is 5.78. The Balaban J connectivity index is 2.15. The maximum Gasteiger partial charge on any atom is 0.111 e. The van der Waals surface area contributed by atoms with Gasteiger partial charge in [0.15, 0.2) is 0 Å². The maximum absolute atomic E-state index is 9.38. The molecule has 92 valence electrons. The molecule has 0 aromatic carbocycles. The molecular weight excluding hydrogens is 208 g/mol. The van der Waals surface area contributed by atoms with E-state index in [1.54, 1.807) is 0 Å². The van der Waals surface area contributed by atoms with E-state index in [1.165, 1.54) is 5.57 Å². The zero-order valence-corrected chi connectivity index (χ0v) is 11.0. The zero-order valence-electron chi connectivity index (χ0n) is 11.0. The molecule has 2 aliphatic rings. The Kier molecular flexibility index (Phi) is 3.28. The van der Waals surface area contributed by atoms with E-state index in [0.717, 1.165) is 12.8 Å². The van der Waals surface area contributed by atoms with Crippen molar-refractivity contribution in [3.05, 3.63) is 47.8 Å². The summed E-state index contributed by atoms with van der Waals surface area (Å²) in [6, 6.07) is 0. The first-order chi connectivity index (χ1) is 8.00. The summed E-state index contributed by atoms with van der Waals surface area (Å²) in [6.07, 6.45) is 14.9. The summed E-state index contributed by atoms with van der Waals surface area (Å²) < 4.78 is 0. The van der Waals surface area contributed by atoms with Crippen LogP contribution >= 0.6 is 0 Å². The lowest BCUT2D eigenvalue weighted by Gasteiger charge is -2.36. The second kappa shape index (κ2) is 4.56. The van der Waals surface area contributed by atoms with Crippen molar-refractivity contribution < 1.29 is 5.11 Å². The highest BCUT2D eigenvalue weighted by Gasteiger charge is 2.31. The lowest BCUT2D eigenvalue weighted by Crippen LogP contribution is -2.26. The van der Waals surface area contributed by atoms with Gasteiger partial charge in [-0.25, -0.2) is 0 Å². The number of allylic oxidation sites excluding steroid dienone is 7. The SMILES string of the molecule is C[C@@H]1C=CC(C(C)(C)C2C=CC(O)=CC2)=CC1. The maximum atomic E-state index is 9.38. The van der Waals surface area contributed by atoms with Gasteiger partial charge in [-0.3, -0.25) is 0 Å². The van der Waals surface area contributed by atoms with Crippen LogP contribution in [0.2, 0.25) is 0 Å². The molecule has 0 heterocycles. The van der Waals surface area contributed by atoms with Gasteiger partial charge in [-0.15, -0.1) is 0 Å². The van der Waals surface area contributed by atoms with E-state index in [1.807, 2.05) is 12.2 Å². The monoisotopic (exact) mass is 230 g/mol. The van der Waals surface area contributed by atoms with Gasteiger partial charge < -0.3 is 5.11 Å². The molecule has 0 fully saturated rings. The summed E-state index contributed by atoms with van der Waals surface area (Å²) in [4.78, 5) is 0. The van der Waals surface area contributed by atoms with Crippen LogP contribution < -0.4 is 0 Å². The molecule has 0 aromatic rings. The topological polar surface area (TPSA) is 20.2 Å². The van der Waals surface area contributed by atoms with Gasteiger partial charge >= 0.3 is 0 Å². The molecule has 0 aliphatic heterocycles. The highest BCUT2D eigenvalue weighted by molar-refractivity contribution is 5.33. The predicted octanol–water partition coefficient (Wildman–Crippen LogP) is 4.55. The van der Waals surface area contributed by atoms with Crippen LogP contribution in [-0.4, -0.2) is 5.11 Å². The molecule has 2 aliphatic carbocycles. The Labute approximate surface area is 104 Å². The molecule has 1 N–H and O–H groups in total. The predicted molar refractivity (Wildman–Crippen MR) is 72.7 cm³/mol. The second-order valence-corrected chi connectivity index (χ2v) is 5.78. The van der Waals surface area contributed by atoms with E-state index in [4.69, 9.17) is 0 Å². The zero-order chi connectivity index (χ0) is 12.5. The van der Waals surface area contributed by atoms with Gasteiger partial charge in [-0.05, 0) is 47.8 Å². The third-order valence-electron chi connectivity index (χ3n) is 4.07. The standard InChI is InChI=1S/C16H22O/c1-12-4-6-13(7-5-12)16(2,3)14-8-10-15(17)11-9-14/h4,6-8,10-12,14,17H,5,9H2,1-3H3/t12-,14?/m1/s1. The smallest absolute Gasteiger partial charge is 0.111 e. The highest BCUT2D eigenvalue weighted by atomic mass is 16.3. The fourth-order valence-electron chi connectivity index (χ4n) is 2.56. The number of hydrogen-bond acceptors (Lipinski definition) is 1. The van der Waals surface area contributed by atoms with Crippen molar-refractivity contribution in [3.8, 4) is 0 Å². The van der Waals surface area contributed by atoms with Crippen molar-refractivity contribution in [1.82, 2.24) is 0 Å². The highest BCUT2D eigenvalue weighted by Crippen LogP contribution is 2.42. The molecule has 1 heteroatoms. The van der Waals surface area contributed by atoms with Gasteiger partial charge in [0.1, 0.15) is 5.76 Å². The molecule has 1 unspecified atom stereocenters. The normalized spacial score (nSPS) is 28.9. The van der Waals surface area contributed by atoms with Crippen LogP contribution in [0, 0.1) is 17.3 Å². The van der Waals surface area contributed by atoms with Gasteiger partial charge in [0.2, 0.25) is 0 Å². The Morgan fingerprint density at radius 3 is 2.41 bits per heavy atom. The van der Waals surface area contributed by atoms with Gasteiger partial charge in [-0.1, -0.05) is 45.1 Å². The molecule has 17 heavy (non-hydrogen) atoms. The molecule has 0 radical (unpaired) electrons. The summed E-state index contributed by atoms with van der Waals surface area (Å²) in [5.41, 5.74) is 1.57. The van der Waals surface area contributed by atoms with Gasteiger partial charge in [0, 0.05) is 0 Å². The minimum absolute atomic E-state index is 0.143. The summed E-state index contributed by atoms with van der Waals surface area (Å²) in [7, 11) is 0. The molecule has 0 amide bonds. The molecule has 0 saturated heterocycles. The van der Waals surface area contributed by atoms with E-state index in [9.17, 15) is 5.11 Å². The van der Waals surface area contributed by atoms with Crippen LogP contribution in [0.1, 0.15) is 33.6 Å². The molecule has 2 atom stereocenters. The Bertz CT molecular complexity index is 407. The van der Waals surface area contributed by atoms with Crippen LogP contribution in [0.5, 0.6) is 0 Å². The fraction of sp³-hybridized carbons (Fsp3) is 0.500. The summed E-state index contributed by atoms with van der Waals surface area (Å²) in [6.45, 7) is 6.84. The fourth-order valence-corrected chi connectivity index (χ4v) is 2.56. The van der Waals surface area contributed by atoms with Gasteiger partial charge in [0.05, 0.1) is 0 Å². The third-order valence-corrected chi connectivity index (χ3v) is 4.07. The van der Waals surface area contributed by atoms with Crippen molar-refractivity contribution >= 4 is 0 Å². The van der Waals surface area contributed by atoms with Crippen molar-refractivity contribution in [1.29, 1.82) is 0 Å². The van der Waals surface area contributed by atoms with E-state index in [-0.39, 0.29) is 5.41 Å². The van der Waals surface area contributed by atoms with E-state index < -0.39 is 0 Å². The minimum Gasteiger partial charge on any atom is -0.508 e. The first-order valence-corrected chi connectivity index (χ1v) is 6.46. The first-order valence-electron chi connectivity index (χ1n) is 6.46. The largest absolute Gasteiger partial charge is 0.508 e. The Hall–Kier alpha value is -1.24. The lowest BCUT2D eigenvalue weighted by atomic mass is 9.69. The van der Waals surface area contributed by atoms with Crippen molar-refractivity contribution in [2.45, 2.75) is 33.6 Å². The quantitative estimate of drug-likeness (QED) is 0.737.